The van der Waals surface area contributed by atoms with Crippen LogP contribution in [0.15, 0.2) is 52.2 Å². The Bertz CT molecular complexity index is 1930. The molecule has 2 amide bonds. The van der Waals surface area contributed by atoms with E-state index in [9.17, 15) is 9.59 Å². The Hall–Kier alpha value is -4.20. The Morgan fingerprint density at radius 2 is 1.80 bits per heavy atom. The average Bonchev–Trinajstić information content (AvgIpc) is 3.91. The fraction of sp³-hybridized carbons (Fsp3) is 0.535. The molecule has 0 N–H and O–H groups in total. The fourth-order valence-corrected chi connectivity index (χ4v) is 9.10. The normalized spacial score (nSPS) is 25.2. The Kier molecular flexibility index (Phi) is 8.50. The molecule has 4 atom stereocenters. The quantitative estimate of drug-likeness (QED) is 0.314. The van der Waals surface area contributed by atoms with Crippen molar-refractivity contribution in [3.8, 4) is 16.9 Å². The Labute approximate surface area is 302 Å². The average molecular weight is 689 g/mol. The highest BCUT2D eigenvalue weighted by atomic mass is 16.6. The molecular weight excluding hydrogens is 636 g/mol. The number of rotatable bonds is 5. The van der Waals surface area contributed by atoms with E-state index in [-0.39, 0.29) is 36.0 Å². The molecule has 8 rings (SSSR count). The van der Waals surface area contributed by atoms with Crippen LogP contribution in [-0.2, 0) is 22.6 Å². The molecule has 1 aliphatic carbocycles. The Balaban J connectivity index is 0.985. The minimum atomic E-state index is -0.531. The van der Waals surface area contributed by atoms with E-state index in [0.29, 0.717) is 19.1 Å². The zero-order valence-corrected chi connectivity index (χ0v) is 31.3. The van der Waals surface area contributed by atoms with Crippen molar-refractivity contribution in [1.82, 2.24) is 9.80 Å². The molecule has 0 spiro atoms. The van der Waals surface area contributed by atoms with E-state index < -0.39 is 5.60 Å². The van der Waals surface area contributed by atoms with Gasteiger partial charge in [0.15, 0.2) is 0 Å². The number of carbonyl (C=O) groups excluding carboxylic acids is 2. The van der Waals surface area contributed by atoms with E-state index in [1.807, 2.05) is 45.7 Å². The molecular formula is C43H52N4O4. The number of aliphatic imine (C=N–C) groups is 2. The van der Waals surface area contributed by atoms with Gasteiger partial charge in [0.2, 0.25) is 5.91 Å². The summed E-state index contributed by atoms with van der Waals surface area (Å²) < 4.78 is 12.3. The van der Waals surface area contributed by atoms with Crippen molar-refractivity contribution in [2.24, 2.45) is 21.8 Å². The number of hydrogen-bond donors (Lipinski definition) is 0. The van der Waals surface area contributed by atoms with Gasteiger partial charge in [-0.05, 0) is 123 Å². The van der Waals surface area contributed by atoms with Crippen LogP contribution in [0.5, 0.6) is 5.75 Å². The fourth-order valence-electron chi connectivity index (χ4n) is 9.10. The molecule has 0 radical (unpaired) electrons. The van der Waals surface area contributed by atoms with Gasteiger partial charge in [-0.25, -0.2) is 4.79 Å². The number of aryl methyl sites for hydroxylation is 1. The van der Waals surface area contributed by atoms with Crippen molar-refractivity contribution in [3.05, 3.63) is 64.5 Å². The van der Waals surface area contributed by atoms with Crippen LogP contribution in [0.1, 0.15) is 116 Å². The van der Waals surface area contributed by atoms with Gasteiger partial charge in [-0.15, -0.1) is 0 Å². The van der Waals surface area contributed by atoms with Crippen LogP contribution >= 0.6 is 0 Å². The summed E-state index contributed by atoms with van der Waals surface area (Å²) in [6.07, 6.45) is 9.16. The van der Waals surface area contributed by atoms with Gasteiger partial charge in [0, 0.05) is 60.2 Å². The third-order valence-electron chi connectivity index (χ3n) is 11.8. The summed E-state index contributed by atoms with van der Waals surface area (Å²) in [5.74, 6) is 1.61. The van der Waals surface area contributed by atoms with Crippen molar-refractivity contribution >= 4 is 34.6 Å². The Morgan fingerprint density at radius 3 is 2.57 bits per heavy atom. The zero-order valence-electron chi connectivity index (χ0n) is 31.3. The van der Waals surface area contributed by atoms with E-state index in [1.54, 1.807) is 0 Å². The highest BCUT2D eigenvalue weighted by Crippen LogP contribution is 2.47. The van der Waals surface area contributed by atoms with Crippen LogP contribution in [0.3, 0.4) is 0 Å². The lowest BCUT2D eigenvalue weighted by atomic mass is 9.83. The van der Waals surface area contributed by atoms with Crippen molar-refractivity contribution in [3.63, 3.8) is 0 Å². The van der Waals surface area contributed by atoms with E-state index in [2.05, 4.69) is 49.1 Å². The van der Waals surface area contributed by atoms with E-state index in [4.69, 9.17) is 19.5 Å². The van der Waals surface area contributed by atoms with Gasteiger partial charge in [0.1, 0.15) is 18.0 Å². The lowest BCUT2D eigenvalue weighted by Crippen LogP contribution is -2.45. The molecule has 0 aromatic heterocycles. The number of carbonyl (C=O) groups is 2. The van der Waals surface area contributed by atoms with E-state index >= 15 is 0 Å². The third-order valence-corrected chi connectivity index (χ3v) is 11.8. The zero-order chi connectivity index (χ0) is 35.8. The van der Waals surface area contributed by atoms with Crippen LogP contribution in [0.2, 0.25) is 0 Å². The summed E-state index contributed by atoms with van der Waals surface area (Å²) in [6.45, 7) is 15.4. The topological polar surface area (TPSA) is 83.8 Å². The number of hydrogen-bond acceptors (Lipinski definition) is 6. The third kappa shape index (κ3) is 6.12. The summed E-state index contributed by atoms with van der Waals surface area (Å²) >= 11 is 0. The van der Waals surface area contributed by atoms with Gasteiger partial charge in [-0.3, -0.25) is 19.7 Å². The van der Waals surface area contributed by atoms with Gasteiger partial charge in [-0.2, -0.15) is 0 Å². The molecule has 5 aliphatic heterocycles. The summed E-state index contributed by atoms with van der Waals surface area (Å²) in [7, 11) is 0. The lowest BCUT2D eigenvalue weighted by Gasteiger charge is -2.30. The highest BCUT2D eigenvalue weighted by Gasteiger charge is 2.42. The highest BCUT2D eigenvalue weighted by molar-refractivity contribution is 6.06. The molecule has 0 saturated carbocycles. The second-order valence-electron chi connectivity index (χ2n) is 16.8. The minimum absolute atomic E-state index is 0.0101. The largest absolute Gasteiger partial charge is 0.488 e. The van der Waals surface area contributed by atoms with Gasteiger partial charge in [0.25, 0.3) is 0 Å². The first-order valence-corrected chi connectivity index (χ1v) is 19.2. The molecule has 0 unspecified atom stereocenters. The van der Waals surface area contributed by atoms with Crippen molar-refractivity contribution in [2.45, 2.75) is 130 Å². The van der Waals surface area contributed by atoms with Crippen LogP contribution < -0.4 is 4.74 Å². The molecule has 2 aromatic rings. The molecule has 8 nitrogen and oxygen atoms in total. The number of allylic oxidation sites excluding steroid dienone is 3. The smallest absolute Gasteiger partial charge is 0.410 e. The standard InChI is InChI=1S/C43H52N4O4/c1-8-26-15-39(46(22-26)42(49)51-43(5,6)7)36-18-29(21-44-36)27-10-12-31-30(16-27)23-50-40-20-32-28(17-34(31)40)11-13-35-33(32)19-37(45-35)38-14-9-25(4)47(38)41(48)24(2)3/h10,12,16-17,20-21,24-26,38-39H,8-9,11,13-15,18-19,22-23H2,1-7H3/t25-,26-,38-,39-/m0/s1. The lowest BCUT2D eigenvalue weighted by molar-refractivity contribution is -0.135. The number of nitrogens with zero attached hydrogens (tertiary/aromatic N) is 4. The molecule has 5 heterocycles. The molecule has 51 heavy (non-hydrogen) atoms. The van der Waals surface area contributed by atoms with Crippen LogP contribution in [0.25, 0.3) is 22.3 Å². The van der Waals surface area contributed by atoms with Gasteiger partial charge < -0.3 is 14.4 Å². The van der Waals surface area contributed by atoms with Gasteiger partial charge >= 0.3 is 6.09 Å². The van der Waals surface area contributed by atoms with Crippen LogP contribution in [0, 0.1) is 11.8 Å². The second-order valence-corrected chi connectivity index (χ2v) is 16.8. The van der Waals surface area contributed by atoms with Crippen molar-refractivity contribution in [1.29, 1.82) is 0 Å². The predicted molar refractivity (Wildman–Crippen MR) is 203 cm³/mol. The Morgan fingerprint density at radius 1 is 0.980 bits per heavy atom. The minimum Gasteiger partial charge on any atom is -0.488 e. The monoisotopic (exact) mass is 688 g/mol. The molecule has 0 bridgehead atoms. The van der Waals surface area contributed by atoms with Gasteiger partial charge in [-0.1, -0.05) is 39.3 Å². The molecule has 268 valence electrons. The maximum absolute atomic E-state index is 13.2. The number of likely N-dealkylation sites (tertiary alicyclic amines) is 2. The molecule has 2 saturated heterocycles. The van der Waals surface area contributed by atoms with Crippen LogP contribution in [0.4, 0.5) is 4.79 Å². The number of ether oxygens (including phenoxy) is 2. The van der Waals surface area contributed by atoms with Crippen molar-refractivity contribution < 1.29 is 19.1 Å². The first-order valence-electron chi connectivity index (χ1n) is 19.2. The summed E-state index contributed by atoms with van der Waals surface area (Å²) in [4.78, 5) is 40.5. The number of fused-ring (bicyclic) bond motifs is 5. The summed E-state index contributed by atoms with van der Waals surface area (Å²) in [5.41, 5.74) is 12.7. The first kappa shape index (κ1) is 33.9. The maximum atomic E-state index is 13.2. The number of benzene rings is 2. The second kappa shape index (κ2) is 12.8. The summed E-state index contributed by atoms with van der Waals surface area (Å²) in [6, 6.07) is 11.7. The molecule has 6 aliphatic rings. The molecule has 2 fully saturated rings. The van der Waals surface area contributed by atoms with Crippen LogP contribution in [-0.4, -0.2) is 63.5 Å². The van der Waals surface area contributed by atoms with E-state index in [1.165, 1.54) is 39.1 Å². The van der Waals surface area contributed by atoms with E-state index in [0.717, 1.165) is 79.7 Å². The van der Waals surface area contributed by atoms with Gasteiger partial charge in [0.05, 0.1) is 12.1 Å². The first-order chi connectivity index (χ1) is 24.4. The summed E-state index contributed by atoms with van der Waals surface area (Å²) in [5, 5.41) is 0. The molecule has 2 aromatic carbocycles. The maximum Gasteiger partial charge on any atom is 0.410 e. The number of amides is 2. The molecule has 8 heteroatoms. The SMILES string of the molecule is CC[C@H]1C[C@@H](C2=NC=C(c3ccc4c(c3)COc3cc5c(cc3-4)CCC3=C5CC([C@@H]4CC[C@H](C)N4C(=O)C(C)C)=N3)C2)N(C(=O)OC(C)(C)C)C1. The predicted octanol–water partition coefficient (Wildman–Crippen LogP) is 9.00. The van der Waals surface area contributed by atoms with Crippen molar-refractivity contribution in [2.75, 3.05) is 6.54 Å².